The summed E-state index contributed by atoms with van der Waals surface area (Å²) in [6, 6.07) is 5.82. The van der Waals surface area contributed by atoms with E-state index in [0.717, 1.165) is 74.7 Å². The third-order valence-electron chi connectivity index (χ3n) is 8.86. The van der Waals surface area contributed by atoms with Crippen molar-refractivity contribution >= 4 is 29.0 Å². The number of fused-ring (bicyclic) bond motifs is 1. The lowest BCUT2D eigenvalue weighted by atomic mass is 10.0. The van der Waals surface area contributed by atoms with Crippen molar-refractivity contribution in [3.8, 4) is 17.1 Å². The average Bonchev–Trinajstić information content (AvgIpc) is 3.72. The summed E-state index contributed by atoms with van der Waals surface area (Å²) in [4.78, 5) is 36.1. The Bertz CT molecular complexity index is 1400. The fourth-order valence-electron chi connectivity index (χ4n) is 6.39. The predicted octanol–water partition coefficient (Wildman–Crippen LogP) is 3.92. The van der Waals surface area contributed by atoms with Gasteiger partial charge < -0.3 is 29.3 Å². The number of anilines is 4. The van der Waals surface area contributed by atoms with Gasteiger partial charge >= 0.3 is 0 Å². The first kappa shape index (κ1) is 28.4. The number of hydrogen-bond acceptors (Lipinski definition) is 11. The molecule has 6 rings (SSSR count). The van der Waals surface area contributed by atoms with E-state index in [1.807, 2.05) is 25.2 Å². The lowest BCUT2D eigenvalue weighted by molar-refractivity contribution is -0.120. The van der Waals surface area contributed by atoms with E-state index in [1.54, 1.807) is 18.2 Å². The molecule has 1 atom stereocenters. The number of carbonyl (C=O) groups excluding carboxylic acids is 1. The number of piperazine rings is 1. The minimum atomic E-state index is -0.219. The van der Waals surface area contributed by atoms with E-state index in [-0.39, 0.29) is 11.9 Å². The molecule has 224 valence electrons. The van der Waals surface area contributed by atoms with E-state index in [9.17, 15) is 4.79 Å². The molecule has 0 radical (unpaired) electrons. The Morgan fingerprint density at radius 3 is 2.55 bits per heavy atom. The van der Waals surface area contributed by atoms with Crippen LogP contribution in [0.3, 0.4) is 0 Å². The molecule has 3 aromatic rings. The van der Waals surface area contributed by atoms with Crippen LogP contribution in [0.4, 0.5) is 23.1 Å². The highest BCUT2D eigenvalue weighted by Crippen LogP contribution is 2.40. The Labute approximate surface area is 247 Å². The highest BCUT2D eigenvalue weighted by atomic mass is 16.5. The van der Waals surface area contributed by atoms with E-state index in [0.29, 0.717) is 36.0 Å². The van der Waals surface area contributed by atoms with Gasteiger partial charge in [-0.3, -0.25) is 9.69 Å². The molecule has 1 aromatic carbocycles. The van der Waals surface area contributed by atoms with Crippen LogP contribution in [0.25, 0.3) is 11.4 Å². The third kappa shape index (κ3) is 5.52. The Morgan fingerprint density at radius 1 is 1.07 bits per heavy atom. The molecular formula is C30H41N9O3. The van der Waals surface area contributed by atoms with Crippen molar-refractivity contribution in [2.24, 2.45) is 0 Å². The van der Waals surface area contributed by atoms with Crippen molar-refractivity contribution in [3.05, 3.63) is 30.3 Å². The number of nitrogens with zero attached hydrogens (tertiary/aromatic N) is 8. The van der Waals surface area contributed by atoms with Gasteiger partial charge in [-0.05, 0) is 44.0 Å². The Morgan fingerprint density at radius 2 is 1.83 bits per heavy atom. The summed E-state index contributed by atoms with van der Waals surface area (Å²) in [6.07, 6.45) is 6.96. The Hall–Kier alpha value is -3.77. The van der Waals surface area contributed by atoms with Crippen LogP contribution >= 0.6 is 0 Å². The molecule has 12 nitrogen and oxygen atoms in total. The molecule has 42 heavy (non-hydrogen) atoms. The van der Waals surface area contributed by atoms with E-state index < -0.39 is 0 Å². The molecule has 0 bridgehead atoms. The van der Waals surface area contributed by atoms with Crippen LogP contribution in [0.2, 0.25) is 0 Å². The summed E-state index contributed by atoms with van der Waals surface area (Å²) in [5.41, 5.74) is 2.26. The minimum absolute atomic E-state index is 0.0992. The highest BCUT2D eigenvalue weighted by molar-refractivity contribution is 6.04. The zero-order valence-corrected chi connectivity index (χ0v) is 25.0. The smallest absolute Gasteiger partial charge is 0.249 e. The first-order valence-electron chi connectivity index (χ1n) is 15.1. The van der Waals surface area contributed by atoms with Crippen molar-refractivity contribution in [2.75, 3.05) is 62.0 Å². The van der Waals surface area contributed by atoms with Crippen LogP contribution < -0.4 is 19.9 Å². The lowest BCUT2D eigenvalue weighted by Crippen LogP contribution is -2.55. The zero-order chi connectivity index (χ0) is 29.2. The molecule has 2 aliphatic heterocycles. The number of nitrogens with one attached hydrogen (secondary N) is 1. The Kier molecular flexibility index (Phi) is 8.25. The van der Waals surface area contributed by atoms with Crippen molar-refractivity contribution in [1.29, 1.82) is 0 Å². The van der Waals surface area contributed by atoms with E-state index in [1.165, 1.54) is 12.8 Å². The van der Waals surface area contributed by atoms with Crippen LogP contribution in [-0.4, -0.2) is 94.8 Å². The molecule has 1 amide bonds. The fraction of sp³-hybridized carbons (Fsp3) is 0.567. The highest BCUT2D eigenvalue weighted by Gasteiger charge is 2.41. The maximum atomic E-state index is 13.2. The molecule has 0 spiro atoms. The first-order chi connectivity index (χ1) is 20.5. The SMILES string of the molecule is CC[C@@H]1C(=O)N(C)c2cnc(Nc3ccc(-c4noc(CN5CCN(CC)CC5)n4)cc3OC)nc2N1C1CCCC1. The van der Waals surface area contributed by atoms with Crippen LogP contribution in [0.1, 0.15) is 51.8 Å². The van der Waals surface area contributed by atoms with Crippen molar-refractivity contribution in [1.82, 2.24) is 29.9 Å². The summed E-state index contributed by atoms with van der Waals surface area (Å²) >= 11 is 0. The normalized spacial score (nSPS) is 20.3. The average molecular weight is 576 g/mol. The fourth-order valence-corrected chi connectivity index (χ4v) is 6.39. The second kappa shape index (κ2) is 12.2. The maximum Gasteiger partial charge on any atom is 0.249 e. The van der Waals surface area contributed by atoms with Crippen molar-refractivity contribution < 1.29 is 14.1 Å². The van der Waals surface area contributed by atoms with Gasteiger partial charge in [0, 0.05) is 44.8 Å². The zero-order valence-electron chi connectivity index (χ0n) is 25.0. The number of rotatable bonds is 9. The summed E-state index contributed by atoms with van der Waals surface area (Å²) in [5, 5.41) is 7.57. The molecule has 0 unspecified atom stereocenters. The van der Waals surface area contributed by atoms with Gasteiger partial charge in [0.2, 0.25) is 23.6 Å². The van der Waals surface area contributed by atoms with Gasteiger partial charge in [0.1, 0.15) is 17.5 Å². The molecule has 1 saturated heterocycles. The van der Waals surface area contributed by atoms with Crippen molar-refractivity contribution in [3.63, 3.8) is 0 Å². The molecule has 1 aliphatic carbocycles. The Balaban J connectivity index is 1.21. The number of carbonyl (C=O) groups is 1. The predicted molar refractivity (Wildman–Crippen MR) is 161 cm³/mol. The molecular weight excluding hydrogens is 534 g/mol. The van der Waals surface area contributed by atoms with Crippen LogP contribution in [0.15, 0.2) is 28.9 Å². The second-order valence-corrected chi connectivity index (χ2v) is 11.3. The molecule has 1 saturated carbocycles. The first-order valence-corrected chi connectivity index (χ1v) is 15.1. The minimum Gasteiger partial charge on any atom is -0.495 e. The van der Waals surface area contributed by atoms with Gasteiger partial charge in [-0.15, -0.1) is 0 Å². The molecule has 3 aliphatic rings. The van der Waals surface area contributed by atoms with E-state index in [2.05, 4.69) is 49.0 Å². The lowest BCUT2D eigenvalue weighted by Gasteiger charge is -2.43. The van der Waals surface area contributed by atoms with Crippen LogP contribution in [0, 0.1) is 0 Å². The summed E-state index contributed by atoms with van der Waals surface area (Å²) in [5.74, 6) is 3.10. The standard InChI is InChI=1S/C30H41N9O3/c1-5-23-29(40)36(3)24-18-31-30(34-28(24)39(23)21-9-7-8-10-21)32-22-12-11-20(17-25(22)41-4)27-33-26(42-35-27)19-38-15-13-37(6-2)14-16-38/h11-12,17-18,21,23H,5-10,13-16,19H2,1-4H3,(H,31,32,34)/t23-/m1/s1. The monoisotopic (exact) mass is 575 g/mol. The molecule has 2 fully saturated rings. The molecule has 4 heterocycles. The summed E-state index contributed by atoms with van der Waals surface area (Å²) in [7, 11) is 3.44. The van der Waals surface area contributed by atoms with Gasteiger partial charge in [-0.2, -0.15) is 9.97 Å². The number of likely N-dealkylation sites (N-methyl/N-ethyl adjacent to an activating group) is 2. The summed E-state index contributed by atoms with van der Waals surface area (Å²) in [6.45, 7) is 10.1. The van der Waals surface area contributed by atoms with E-state index in [4.69, 9.17) is 14.2 Å². The number of aromatic nitrogens is 4. The van der Waals surface area contributed by atoms with Gasteiger partial charge in [0.05, 0.1) is 25.5 Å². The number of hydrogen-bond donors (Lipinski definition) is 1. The topological polar surface area (TPSA) is 116 Å². The number of amides is 1. The van der Waals surface area contributed by atoms with Gasteiger partial charge in [-0.25, -0.2) is 4.98 Å². The van der Waals surface area contributed by atoms with Crippen LogP contribution in [0.5, 0.6) is 5.75 Å². The largest absolute Gasteiger partial charge is 0.495 e. The third-order valence-corrected chi connectivity index (χ3v) is 8.86. The van der Waals surface area contributed by atoms with E-state index >= 15 is 0 Å². The summed E-state index contributed by atoms with van der Waals surface area (Å²) < 4.78 is 11.3. The molecule has 2 aromatic heterocycles. The number of benzene rings is 1. The van der Waals surface area contributed by atoms with Gasteiger partial charge in [-0.1, -0.05) is 31.8 Å². The quantitative estimate of drug-likeness (QED) is 0.400. The molecule has 1 N–H and O–H groups in total. The second-order valence-electron chi connectivity index (χ2n) is 11.3. The van der Waals surface area contributed by atoms with Gasteiger partial charge in [0.25, 0.3) is 0 Å². The number of ether oxygens (including phenoxy) is 1. The number of methoxy groups -OCH3 is 1. The van der Waals surface area contributed by atoms with Crippen LogP contribution in [-0.2, 0) is 11.3 Å². The van der Waals surface area contributed by atoms with Crippen molar-refractivity contribution in [2.45, 2.75) is 64.6 Å². The maximum absolute atomic E-state index is 13.2. The molecule has 12 heteroatoms. The van der Waals surface area contributed by atoms with Gasteiger partial charge in [0.15, 0.2) is 5.82 Å².